The molecule has 9 nitrogen and oxygen atoms in total. The van der Waals surface area contributed by atoms with Crippen LogP contribution in [0.3, 0.4) is 0 Å². The molecule has 2 amide bonds. The first-order valence-electron chi connectivity index (χ1n) is 9.87. The molecule has 9 heteroatoms. The Kier molecular flexibility index (Phi) is 7.16. The molecular formula is C19H32N4O5. The molecule has 4 N–H and O–H groups in total. The van der Waals surface area contributed by atoms with Crippen LogP contribution in [0.15, 0.2) is 0 Å². The molecule has 6 atom stereocenters. The molecule has 0 aromatic carbocycles. The van der Waals surface area contributed by atoms with Crippen molar-refractivity contribution in [2.75, 3.05) is 13.1 Å². The molecule has 2 aliphatic heterocycles. The van der Waals surface area contributed by atoms with E-state index in [2.05, 4.69) is 0 Å². The molecule has 0 unspecified atom stereocenters. The molecule has 2 fully saturated rings. The Morgan fingerprint density at radius 3 is 2.25 bits per heavy atom. The summed E-state index contributed by atoms with van der Waals surface area (Å²) in [6.45, 7) is 7.43. The quantitative estimate of drug-likeness (QED) is 0.573. The lowest BCUT2D eigenvalue weighted by Gasteiger charge is -2.30. The largest absolute Gasteiger partial charge is 0.459 e. The minimum absolute atomic E-state index is 0.0762. The number of esters is 1. The third-order valence-corrected chi connectivity index (χ3v) is 5.55. The molecule has 2 saturated heterocycles. The highest BCUT2D eigenvalue weighted by Gasteiger charge is 2.42. The second kappa shape index (κ2) is 9.00. The molecule has 0 aliphatic carbocycles. The summed E-state index contributed by atoms with van der Waals surface area (Å²) in [5, 5.41) is 0. The Balaban J connectivity index is 2.01. The predicted molar refractivity (Wildman–Crippen MR) is 102 cm³/mol. The maximum Gasteiger partial charge on any atom is 0.329 e. The Hall–Kier alpha value is -2.00. The number of rotatable bonds is 6. The Labute approximate surface area is 165 Å². The number of nitrogens with zero attached hydrogens (tertiary/aromatic N) is 2. The fourth-order valence-electron chi connectivity index (χ4n) is 3.95. The van der Waals surface area contributed by atoms with E-state index in [1.807, 2.05) is 6.92 Å². The average molecular weight is 396 g/mol. The molecular weight excluding hydrogens is 364 g/mol. The lowest BCUT2D eigenvalue weighted by molar-refractivity contribution is -0.160. The van der Waals surface area contributed by atoms with Crippen molar-refractivity contribution in [3.63, 3.8) is 0 Å². The second-order valence-corrected chi connectivity index (χ2v) is 8.10. The van der Waals surface area contributed by atoms with Crippen molar-refractivity contribution in [2.45, 2.75) is 77.2 Å². The minimum atomic E-state index is -1.07. The van der Waals surface area contributed by atoms with Crippen molar-refractivity contribution in [1.29, 1.82) is 0 Å². The number of nitrogens with two attached hydrogens (primary N) is 2. The van der Waals surface area contributed by atoms with Gasteiger partial charge in [0, 0.05) is 13.1 Å². The minimum Gasteiger partial charge on any atom is -0.459 e. The number of hydrogen-bond donors (Lipinski definition) is 2. The molecule has 2 aliphatic rings. The van der Waals surface area contributed by atoms with Gasteiger partial charge in [-0.1, -0.05) is 6.92 Å². The first-order chi connectivity index (χ1) is 13.0. The highest BCUT2D eigenvalue weighted by atomic mass is 16.5. The molecule has 0 radical (unpaired) electrons. The molecule has 158 valence electrons. The fourth-order valence-corrected chi connectivity index (χ4v) is 3.95. The van der Waals surface area contributed by atoms with Crippen molar-refractivity contribution < 1.29 is 23.9 Å². The van der Waals surface area contributed by atoms with Gasteiger partial charge in [-0.15, -0.1) is 0 Å². The number of hydrogen-bond acceptors (Lipinski definition) is 7. The topological polar surface area (TPSA) is 136 Å². The van der Waals surface area contributed by atoms with Crippen LogP contribution in [0, 0.1) is 5.92 Å². The molecule has 0 spiro atoms. The standard InChI is InChI=1S/C19H32N4O5/c1-10-8-15(23(9-10)17(25)11(2)20)19(27)28-13(4)16(21)18(26)22-7-5-6-14(22)12(3)24/h10-11,13-16H,5-9,20-21H2,1-4H3/t10-,11-,13-,14-,15-,16-/m0/s1. The van der Waals surface area contributed by atoms with E-state index in [9.17, 15) is 19.2 Å². The van der Waals surface area contributed by atoms with E-state index >= 15 is 0 Å². The van der Waals surface area contributed by atoms with Crippen LogP contribution in [-0.4, -0.2) is 76.7 Å². The van der Waals surface area contributed by atoms with Gasteiger partial charge >= 0.3 is 5.97 Å². The van der Waals surface area contributed by atoms with E-state index in [1.165, 1.54) is 16.7 Å². The monoisotopic (exact) mass is 396 g/mol. The lowest BCUT2D eigenvalue weighted by atomic mass is 10.1. The van der Waals surface area contributed by atoms with Gasteiger partial charge in [0.1, 0.15) is 18.2 Å². The Morgan fingerprint density at radius 2 is 1.68 bits per heavy atom. The number of Topliss-reactive ketones (excluding diaryl/α,β-unsaturated/α-hetero) is 1. The van der Waals surface area contributed by atoms with E-state index in [0.29, 0.717) is 25.9 Å². The lowest BCUT2D eigenvalue weighted by Crippen LogP contribution is -2.54. The van der Waals surface area contributed by atoms with Crippen molar-refractivity contribution in [3.05, 3.63) is 0 Å². The Morgan fingerprint density at radius 1 is 1.04 bits per heavy atom. The van der Waals surface area contributed by atoms with Crippen molar-refractivity contribution in [2.24, 2.45) is 17.4 Å². The summed E-state index contributed by atoms with van der Waals surface area (Å²) in [5.41, 5.74) is 11.7. The number of amides is 2. The van der Waals surface area contributed by atoms with Gasteiger partial charge in [-0.2, -0.15) is 0 Å². The highest BCUT2D eigenvalue weighted by molar-refractivity contribution is 5.91. The third kappa shape index (κ3) is 4.70. The first kappa shape index (κ1) is 22.3. The van der Waals surface area contributed by atoms with Gasteiger partial charge in [-0.05, 0) is 46.0 Å². The maximum atomic E-state index is 12.7. The molecule has 0 aromatic heterocycles. The van der Waals surface area contributed by atoms with Crippen LogP contribution in [-0.2, 0) is 23.9 Å². The number of ketones is 1. The molecule has 2 heterocycles. The number of carbonyl (C=O) groups is 4. The van der Waals surface area contributed by atoms with Gasteiger partial charge < -0.3 is 26.0 Å². The van der Waals surface area contributed by atoms with E-state index in [-0.39, 0.29) is 17.6 Å². The zero-order chi connectivity index (χ0) is 21.2. The van der Waals surface area contributed by atoms with Crippen molar-refractivity contribution in [1.82, 2.24) is 9.80 Å². The van der Waals surface area contributed by atoms with Crippen LogP contribution in [0.4, 0.5) is 0 Å². The zero-order valence-corrected chi connectivity index (χ0v) is 17.1. The van der Waals surface area contributed by atoms with Crippen LogP contribution in [0.1, 0.15) is 47.0 Å². The number of ether oxygens (including phenoxy) is 1. The average Bonchev–Trinajstić information content (AvgIpc) is 3.26. The molecule has 0 aromatic rings. The highest BCUT2D eigenvalue weighted by Crippen LogP contribution is 2.25. The fraction of sp³-hybridized carbons (Fsp3) is 0.789. The summed E-state index contributed by atoms with van der Waals surface area (Å²) in [7, 11) is 0. The number of carbonyl (C=O) groups excluding carboxylic acids is 4. The van der Waals surface area contributed by atoms with Crippen molar-refractivity contribution in [3.8, 4) is 0 Å². The van der Waals surface area contributed by atoms with Crippen LogP contribution >= 0.6 is 0 Å². The van der Waals surface area contributed by atoms with E-state index in [0.717, 1.165) is 6.42 Å². The van der Waals surface area contributed by atoms with Crippen molar-refractivity contribution >= 4 is 23.6 Å². The van der Waals surface area contributed by atoms with Crippen LogP contribution in [0.5, 0.6) is 0 Å². The summed E-state index contributed by atoms with van der Waals surface area (Å²) < 4.78 is 5.45. The van der Waals surface area contributed by atoms with Gasteiger partial charge in [-0.25, -0.2) is 4.79 Å². The van der Waals surface area contributed by atoms with Crippen LogP contribution in [0.2, 0.25) is 0 Å². The predicted octanol–water partition coefficient (Wildman–Crippen LogP) is -0.590. The summed E-state index contributed by atoms with van der Waals surface area (Å²) >= 11 is 0. The van der Waals surface area contributed by atoms with Gasteiger partial charge in [-0.3, -0.25) is 14.4 Å². The van der Waals surface area contributed by atoms with Crippen LogP contribution in [0.25, 0.3) is 0 Å². The van der Waals surface area contributed by atoms with Gasteiger partial charge in [0.25, 0.3) is 0 Å². The van der Waals surface area contributed by atoms with Crippen LogP contribution < -0.4 is 11.5 Å². The SMILES string of the molecule is CC(=O)[C@@H]1CCCN1C(=O)[C@@H](N)[C@H](C)OC(=O)[C@@H]1C[C@H](C)CN1C(=O)[C@H](C)N. The maximum absolute atomic E-state index is 12.7. The zero-order valence-electron chi connectivity index (χ0n) is 17.1. The molecule has 2 rings (SSSR count). The van der Waals surface area contributed by atoms with E-state index < -0.39 is 42.1 Å². The molecule has 0 bridgehead atoms. The summed E-state index contributed by atoms with van der Waals surface area (Å²) in [6, 6.07) is -2.97. The smallest absolute Gasteiger partial charge is 0.329 e. The summed E-state index contributed by atoms with van der Waals surface area (Å²) in [6.07, 6.45) is 0.962. The van der Waals surface area contributed by atoms with Gasteiger partial charge in [0.15, 0.2) is 5.78 Å². The summed E-state index contributed by atoms with van der Waals surface area (Å²) in [4.78, 5) is 52.3. The molecule has 0 saturated carbocycles. The van der Waals surface area contributed by atoms with Gasteiger partial charge in [0.2, 0.25) is 11.8 Å². The third-order valence-electron chi connectivity index (χ3n) is 5.55. The Bertz CT molecular complexity index is 638. The van der Waals surface area contributed by atoms with E-state index in [1.54, 1.807) is 13.8 Å². The summed E-state index contributed by atoms with van der Waals surface area (Å²) in [5.74, 6) is -1.22. The molecule has 28 heavy (non-hydrogen) atoms. The van der Waals surface area contributed by atoms with E-state index in [4.69, 9.17) is 16.2 Å². The number of likely N-dealkylation sites (tertiary alicyclic amines) is 2. The normalized spacial score (nSPS) is 28.0. The first-order valence-corrected chi connectivity index (χ1v) is 9.87. The van der Waals surface area contributed by atoms with Gasteiger partial charge in [0.05, 0.1) is 12.1 Å². The second-order valence-electron chi connectivity index (χ2n) is 8.10.